The standard InChI is InChI=1S/C15H26BrNO/c16-11-15(9-5-6-10-15)12-17-14(18)13-7-3-1-2-4-8-13/h13H,1-12H2,(H,17,18). The molecule has 104 valence electrons. The minimum atomic E-state index is 0.293. The van der Waals surface area contributed by atoms with Gasteiger partial charge in [-0.3, -0.25) is 4.79 Å². The molecule has 0 heterocycles. The Morgan fingerprint density at radius 1 is 1.06 bits per heavy atom. The molecule has 0 aromatic rings. The van der Waals surface area contributed by atoms with Crippen LogP contribution >= 0.6 is 15.9 Å². The highest BCUT2D eigenvalue weighted by Crippen LogP contribution is 2.39. The quantitative estimate of drug-likeness (QED) is 0.616. The molecule has 0 aromatic carbocycles. The molecule has 0 aromatic heterocycles. The first-order chi connectivity index (χ1) is 8.76. The molecule has 2 saturated carbocycles. The number of halogens is 1. The molecule has 0 spiro atoms. The van der Waals surface area contributed by atoms with Crippen molar-refractivity contribution in [2.24, 2.45) is 11.3 Å². The maximum Gasteiger partial charge on any atom is 0.223 e. The Morgan fingerprint density at radius 2 is 1.67 bits per heavy atom. The third-order valence-corrected chi connectivity index (χ3v) is 6.00. The van der Waals surface area contributed by atoms with Crippen molar-refractivity contribution in [2.75, 3.05) is 11.9 Å². The summed E-state index contributed by atoms with van der Waals surface area (Å²) in [5.74, 6) is 0.616. The lowest BCUT2D eigenvalue weighted by atomic mass is 9.88. The van der Waals surface area contributed by atoms with Gasteiger partial charge >= 0.3 is 0 Å². The van der Waals surface area contributed by atoms with E-state index in [0.29, 0.717) is 17.2 Å². The second-order valence-corrected chi connectivity index (χ2v) is 6.81. The number of amides is 1. The van der Waals surface area contributed by atoms with Gasteiger partial charge in [0.1, 0.15) is 0 Å². The first kappa shape index (κ1) is 14.4. The van der Waals surface area contributed by atoms with Crippen LogP contribution in [-0.4, -0.2) is 17.8 Å². The molecule has 2 nitrogen and oxygen atoms in total. The molecule has 3 heteroatoms. The van der Waals surface area contributed by atoms with Gasteiger partial charge in [0, 0.05) is 17.8 Å². The van der Waals surface area contributed by atoms with E-state index in [9.17, 15) is 4.79 Å². The highest BCUT2D eigenvalue weighted by molar-refractivity contribution is 9.09. The Labute approximate surface area is 119 Å². The van der Waals surface area contributed by atoms with Crippen molar-refractivity contribution in [1.82, 2.24) is 5.32 Å². The minimum Gasteiger partial charge on any atom is -0.355 e. The summed E-state index contributed by atoms with van der Waals surface area (Å²) in [4.78, 5) is 12.2. The fraction of sp³-hybridized carbons (Fsp3) is 0.933. The van der Waals surface area contributed by atoms with Gasteiger partial charge in [0.15, 0.2) is 0 Å². The zero-order valence-corrected chi connectivity index (χ0v) is 12.9. The van der Waals surface area contributed by atoms with Gasteiger partial charge in [-0.15, -0.1) is 0 Å². The molecule has 2 aliphatic rings. The minimum absolute atomic E-state index is 0.293. The van der Waals surface area contributed by atoms with Crippen molar-refractivity contribution in [2.45, 2.75) is 64.2 Å². The molecule has 2 rings (SSSR count). The summed E-state index contributed by atoms with van der Waals surface area (Å²) >= 11 is 3.64. The second kappa shape index (κ2) is 6.93. The Bertz CT molecular complexity index is 266. The Morgan fingerprint density at radius 3 is 2.22 bits per heavy atom. The van der Waals surface area contributed by atoms with Gasteiger partial charge in [0.25, 0.3) is 0 Å². The lowest BCUT2D eigenvalue weighted by Gasteiger charge is -2.27. The van der Waals surface area contributed by atoms with E-state index in [1.54, 1.807) is 0 Å². The first-order valence-electron chi connectivity index (χ1n) is 7.59. The van der Waals surface area contributed by atoms with Crippen LogP contribution in [0.5, 0.6) is 0 Å². The number of hydrogen-bond acceptors (Lipinski definition) is 1. The van der Waals surface area contributed by atoms with Crippen molar-refractivity contribution in [1.29, 1.82) is 0 Å². The van der Waals surface area contributed by atoms with Crippen LogP contribution in [0.1, 0.15) is 64.2 Å². The number of carbonyl (C=O) groups excluding carboxylic acids is 1. The van der Waals surface area contributed by atoms with Crippen molar-refractivity contribution in [3.05, 3.63) is 0 Å². The van der Waals surface area contributed by atoms with Gasteiger partial charge in [0.05, 0.1) is 0 Å². The normalized spacial score (nSPS) is 24.7. The fourth-order valence-corrected chi connectivity index (χ4v) is 4.20. The molecule has 0 aliphatic heterocycles. The number of alkyl halides is 1. The van der Waals surface area contributed by atoms with E-state index < -0.39 is 0 Å². The average molecular weight is 316 g/mol. The maximum atomic E-state index is 12.2. The molecule has 1 amide bonds. The third kappa shape index (κ3) is 3.72. The smallest absolute Gasteiger partial charge is 0.223 e. The molecule has 0 atom stereocenters. The van der Waals surface area contributed by atoms with Crippen molar-refractivity contribution in [3.63, 3.8) is 0 Å². The molecule has 2 aliphatic carbocycles. The number of nitrogens with one attached hydrogen (secondary N) is 1. The van der Waals surface area contributed by atoms with E-state index in [1.807, 2.05) is 0 Å². The lowest BCUT2D eigenvalue weighted by molar-refractivity contribution is -0.125. The zero-order valence-electron chi connectivity index (χ0n) is 11.3. The van der Waals surface area contributed by atoms with E-state index in [0.717, 1.165) is 24.7 Å². The Balaban J connectivity index is 1.79. The van der Waals surface area contributed by atoms with Crippen LogP contribution in [-0.2, 0) is 4.79 Å². The molecule has 0 unspecified atom stereocenters. The van der Waals surface area contributed by atoms with Crippen LogP contribution in [0.4, 0.5) is 0 Å². The van der Waals surface area contributed by atoms with Crippen LogP contribution in [0, 0.1) is 11.3 Å². The Hall–Kier alpha value is -0.0500. The van der Waals surface area contributed by atoms with E-state index in [1.165, 1.54) is 51.4 Å². The average Bonchev–Trinajstić information content (AvgIpc) is 2.70. The topological polar surface area (TPSA) is 29.1 Å². The summed E-state index contributed by atoms with van der Waals surface area (Å²) in [7, 11) is 0. The van der Waals surface area contributed by atoms with Crippen LogP contribution < -0.4 is 5.32 Å². The monoisotopic (exact) mass is 315 g/mol. The number of rotatable bonds is 4. The van der Waals surface area contributed by atoms with E-state index >= 15 is 0 Å². The summed E-state index contributed by atoms with van der Waals surface area (Å²) in [5, 5.41) is 4.28. The molecular weight excluding hydrogens is 290 g/mol. The summed E-state index contributed by atoms with van der Waals surface area (Å²) in [6.45, 7) is 0.883. The molecule has 0 saturated heterocycles. The molecular formula is C15H26BrNO. The summed E-state index contributed by atoms with van der Waals surface area (Å²) in [6.07, 6.45) is 12.5. The highest BCUT2D eigenvalue weighted by atomic mass is 79.9. The van der Waals surface area contributed by atoms with Gasteiger partial charge in [0.2, 0.25) is 5.91 Å². The van der Waals surface area contributed by atoms with E-state index in [2.05, 4.69) is 21.2 Å². The fourth-order valence-electron chi connectivity index (χ4n) is 3.44. The van der Waals surface area contributed by atoms with Crippen molar-refractivity contribution in [3.8, 4) is 0 Å². The van der Waals surface area contributed by atoms with Crippen LogP contribution in [0.2, 0.25) is 0 Å². The summed E-state index contributed by atoms with van der Waals surface area (Å²) in [6, 6.07) is 0. The predicted octanol–water partition coefficient (Wildman–Crippen LogP) is 4.03. The van der Waals surface area contributed by atoms with Gasteiger partial charge in [-0.2, -0.15) is 0 Å². The van der Waals surface area contributed by atoms with Gasteiger partial charge in [-0.1, -0.05) is 54.5 Å². The Kier molecular flexibility index (Phi) is 5.53. The maximum absolute atomic E-state index is 12.2. The van der Waals surface area contributed by atoms with Gasteiger partial charge in [-0.05, 0) is 31.1 Å². The SMILES string of the molecule is O=C(NCC1(CBr)CCCC1)C1CCCCCC1. The van der Waals surface area contributed by atoms with Gasteiger partial charge < -0.3 is 5.32 Å². The van der Waals surface area contributed by atoms with Crippen molar-refractivity contribution < 1.29 is 4.79 Å². The van der Waals surface area contributed by atoms with E-state index in [-0.39, 0.29) is 0 Å². The first-order valence-corrected chi connectivity index (χ1v) is 8.72. The van der Waals surface area contributed by atoms with Gasteiger partial charge in [-0.25, -0.2) is 0 Å². The van der Waals surface area contributed by atoms with Crippen molar-refractivity contribution >= 4 is 21.8 Å². The molecule has 1 N–H and O–H groups in total. The van der Waals surface area contributed by atoms with Crippen LogP contribution in [0.25, 0.3) is 0 Å². The lowest BCUT2D eigenvalue weighted by Crippen LogP contribution is -2.39. The van der Waals surface area contributed by atoms with E-state index in [4.69, 9.17) is 0 Å². The summed E-state index contributed by atoms with van der Waals surface area (Å²) < 4.78 is 0. The highest BCUT2D eigenvalue weighted by Gasteiger charge is 2.33. The number of hydrogen-bond donors (Lipinski definition) is 1. The molecule has 0 radical (unpaired) electrons. The molecule has 18 heavy (non-hydrogen) atoms. The van der Waals surface area contributed by atoms with Crippen LogP contribution in [0.15, 0.2) is 0 Å². The largest absolute Gasteiger partial charge is 0.355 e. The molecule has 0 bridgehead atoms. The van der Waals surface area contributed by atoms with Crippen LogP contribution in [0.3, 0.4) is 0 Å². The third-order valence-electron chi connectivity index (χ3n) is 4.81. The summed E-state index contributed by atoms with van der Waals surface area (Å²) in [5.41, 5.74) is 0.348. The molecule has 2 fully saturated rings. The number of carbonyl (C=O) groups is 1. The second-order valence-electron chi connectivity index (χ2n) is 6.25. The zero-order chi connectivity index (χ0) is 12.8. The predicted molar refractivity (Wildman–Crippen MR) is 78.9 cm³/mol.